The predicted octanol–water partition coefficient (Wildman–Crippen LogP) is 3.67. The van der Waals surface area contributed by atoms with Gasteiger partial charge in [0.25, 0.3) is 0 Å². The van der Waals surface area contributed by atoms with Crippen molar-refractivity contribution in [2.45, 2.75) is 18.9 Å². The van der Waals surface area contributed by atoms with Crippen LogP contribution in [-0.2, 0) is 0 Å². The van der Waals surface area contributed by atoms with E-state index in [9.17, 15) is 9.50 Å². The molecule has 0 bridgehead atoms. The fourth-order valence-corrected chi connectivity index (χ4v) is 2.74. The Morgan fingerprint density at radius 1 is 1.20 bits per heavy atom. The molecule has 2 atom stereocenters. The van der Waals surface area contributed by atoms with Crippen LogP contribution in [0, 0.1) is 12.7 Å². The van der Waals surface area contributed by atoms with Gasteiger partial charge in [-0.05, 0) is 36.2 Å². The second kappa shape index (κ2) is 6.48. The molecular formula is C16H17BrFNO. The zero-order chi connectivity index (χ0) is 14.7. The number of hydrogen-bond donors (Lipinski definition) is 2. The van der Waals surface area contributed by atoms with Crippen molar-refractivity contribution in [3.8, 4) is 0 Å². The van der Waals surface area contributed by atoms with Crippen LogP contribution in [0.2, 0.25) is 0 Å². The van der Waals surface area contributed by atoms with Crippen molar-refractivity contribution in [3.05, 3.63) is 69.4 Å². The summed E-state index contributed by atoms with van der Waals surface area (Å²) in [6.07, 6.45) is -0.736. The molecule has 0 spiro atoms. The summed E-state index contributed by atoms with van der Waals surface area (Å²) in [5.74, 6) is -0.565. The number of aliphatic hydroxyl groups is 1. The third-order valence-corrected chi connectivity index (χ3v) is 4.13. The first-order valence-corrected chi connectivity index (χ1v) is 7.22. The molecule has 106 valence electrons. The Labute approximate surface area is 126 Å². The average molecular weight is 338 g/mol. The first-order chi connectivity index (χ1) is 9.52. The molecule has 2 nitrogen and oxygen atoms in total. The Morgan fingerprint density at radius 3 is 2.45 bits per heavy atom. The van der Waals surface area contributed by atoms with E-state index >= 15 is 0 Å². The quantitative estimate of drug-likeness (QED) is 0.893. The van der Waals surface area contributed by atoms with Gasteiger partial charge in [0, 0.05) is 16.9 Å². The molecule has 2 rings (SSSR count). The molecule has 2 aromatic rings. The summed E-state index contributed by atoms with van der Waals surface area (Å²) in [6.45, 7) is 2.26. The van der Waals surface area contributed by atoms with Gasteiger partial charge in [0.2, 0.25) is 0 Å². The van der Waals surface area contributed by atoms with Gasteiger partial charge >= 0.3 is 0 Å². The van der Waals surface area contributed by atoms with Crippen LogP contribution in [0.3, 0.4) is 0 Å². The monoisotopic (exact) mass is 337 g/mol. The molecule has 2 aromatic carbocycles. The van der Waals surface area contributed by atoms with E-state index in [1.54, 1.807) is 12.1 Å². The molecular weight excluding hydrogens is 321 g/mol. The average Bonchev–Trinajstić information content (AvgIpc) is 2.44. The van der Waals surface area contributed by atoms with E-state index in [2.05, 4.69) is 15.9 Å². The predicted molar refractivity (Wildman–Crippen MR) is 82.0 cm³/mol. The normalized spacial score (nSPS) is 14.1. The number of benzene rings is 2. The van der Waals surface area contributed by atoms with E-state index in [4.69, 9.17) is 5.73 Å². The molecule has 0 aliphatic rings. The van der Waals surface area contributed by atoms with Gasteiger partial charge in [0.15, 0.2) is 0 Å². The molecule has 0 aliphatic carbocycles. The second-order valence-corrected chi connectivity index (χ2v) is 5.72. The van der Waals surface area contributed by atoms with Gasteiger partial charge in [-0.1, -0.05) is 45.8 Å². The van der Waals surface area contributed by atoms with Crippen molar-refractivity contribution in [3.63, 3.8) is 0 Å². The smallest absolute Gasteiger partial charge is 0.123 e. The molecule has 0 saturated carbocycles. The zero-order valence-electron chi connectivity index (χ0n) is 11.2. The molecule has 2 unspecified atom stereocenters. The summed E-state index contributed by atoms with van der Waals surface area (Å²) >= 11 is 3.45. The van der Waals surface area contributed by atoms with E-state index in [0.717, 1.165) is 21.2 Å². The molecule has 0 aliphatic heterocycles. The Kier molecular flexibility index (Phi) is 4.91. The highest BCUT2D eigenvalue weighted by molar-refractivity contribution is 9.10. The largest absolute Gasteiger partial charge is 0.388 e. The van der Waals surface area contributed by atoms with E-state index in [1.165, 1.54) is 12.1 Å². The van der Waals surface area contributed by atoms with Crippen LogP contribution in [0.15, 0.2) is 46.9 Å². The van der Waals surface area contributed by atoms with Crippen molar-refractivity contribution >= 4 is 15.9 Å². The summed E-state index contributed by atoms with van der Waals surface area (Å²) < 4.78 is 13.8. The summed E-state index contributed by atoms with van der Waals surface area (Å²) in [6, 6.07) is 11.9. The third-order valence-electron chi connectivity index (χ3n) is 3.40. The molecule has 0 fully saturated rings. The van der Waals surface area contributed by atoms with Crippen LogP contribution in [0.25, 0.3) is 0 Å². The maximum Gasteiger partial charge on any atom is 0.123 e. The number of aliphatic hydroxyl groups excluding tert-OH is 1. The van der Waals surface area contributed by atoms with Crippen molar-refractivity contribution in [2.75, 3.05) is 6.54 Å². The van der Waals surface area contributed by atoms with Gasteiger partial charge in [0.05, 0.1) is 6.10 Å². The van der Waals surface area contributed by atoms with Gasteiger partial charge < -0.3 is 10.8 Å². The van der Waals surface area contributed by atoms with Crippen LogP contribution in [0.4, 0.5) is 4.39 Å². The van der Waals surface area contributed by atoms with Gasteiger partial charge in [-0.2, -0.15) is 0 Å². The highest BCUT2D eigenvalue weighted by atomic mass is 79.9. The standard InChI is InChI=1S/C16H17BrFNO/c1-10-2-7-15(17)13(8-10)16(20)14(9-19)11-3-5-12(18)6-4-11/h2-8,14,16,20H,9,19H2,1H3. The summed E-state index contributed by atoms with van der Waals surface area (Å²) in [7, 11) is 0. The Hall–Kier alpha value is -1.23. The third kappa shape index (κ3) is 3.26. The lowest BCUT2D eigenvalue weighted by Gasteiger charge is -2.23. The van der Waals surface area contributed by atoms with Crippen molar-refractivity contribution in [1.82, 2.24) is 0 Å². The lowest BCUT2D eigenvalue weighted by Crippen LogP contribution is -2.20. The minimum Gasteiger partial charge on any atom is -0.388 e. The summed E-state index contributed by atoms with van der Waals surface area (Å²) in [5, 5.41) is 10.6. The number of rotatable bonds is 4. The minimum atomic E-state index is -0.736. The van der Waals surface area contributed by atoms with Crippen LogP contribution in [-0.4, -0.2) is 11.7 Å². The highest BCUT2D eigenvalue weighted by Crippen LogP contribution is 2.34. The van der Waals surface area contributed by atoms with E-state index in [1.807, 2.05) is 25.1 Å². The van der Waals surface area contributed by atoms with Gasteiger partial charge in [-0.15, -0.1) is 0 Å². The van der Waals surface area contributed by atoms with Gasteiger partial charge in [0.1, 0.15) is 5.82 Å². The molecule has 3 N–H and O–H groups in total. The molecule has 20 heavy (non-hydrogen) atoms. The highest BCUT2D eigenvalue weighted by Gasteiger charge is 2.23. The van der Waals surface area contributed by atoms with E-state index in [0.29, 0.717) is 0 Å². The van der Waals surface area contributed by atoms with E-state index in [-0.39, 0.29) is 18.3 Å². The fraction of sp³-hybridized carbons (Fsp3) is 0.250. The summed E-state index contributed by atoms with van der Waals surface area (Å²) in [4.78, 5) is 0. The maximum absolute atomic E-state index is 13.0. The zero-order valence-corrected chi connectivity index (χ0v) is 12.8. The number of nitrogens with two attached hydrogens (primary N) is 1. The van der Waals surface area contributed by atoms with Crippen LogP contribution >= 0.6 is 15.9 Å². The van der Waals surface area contributed by atoms with Crippen molar-refractivity contribution in [1.29, 1.82) is 0 Å². The van der Waals surface area contributed by atoms with E-state index < -0.39 is 6.10 Å². The Morgan fingerprint density at radius 2 is 1.85 bits per heavy atom. The van der Waals surface area contributed by atoms with Crippen molar-refractivity contribution < 1.29 is 9.50 Å². The molecule has 0 radical (unpaired) electrons. The number of aryl methyl sites for hydroxylation is 1. The Bertz CT molecular complexity index is 586. The lowest BCUT2D eigenvalue weighted by molar-refractivity contribution is 0.146. The minimum absolute atomic E-state index is 0.270. The van der Waals surface area contributed by atoms with Crippen LogP contribution in [0.5, 0.6) is 0 Å². The fourth-order valence-electron chi connectivity index (χ4n) is 2.26. The number of hydrogen-bond acceptors (Lipinski definition) is 2. The van der Waals surface area contributed by atoms with Crippen molar-refractivity contribution in [2.24, 2.45) is 5.73 Å². The maximum atomic E-state index is 13.0. The topological polar surface area (TPSA) is 46.2 Å². The van der Waals surface area contributed by atoms with Gasteiger partial charge in [-0.25, -0.2) is 4.39 Å². The first-order valence-electron chi connectivity index (χ1n) is 6.42. The Balaban J connectivity index is 2.35. The second-order valence-electron chi connectivity index (χ2n) is 4.86. The molecule has 0 amide bonds. The van der Waals surface area contributed by atoms with Gasteiger partial charge in [-0.3, -0.25) is 0 Å². The molecule has 0 saturated heterocycles. The lowest BCUT2D eigenvalue weighted by atomic mass is 9.89. The van der Waals surface area contributed by atoms with Crippen LogP contribution in [0.1, 0.15) is 28.7 Å². The first kappa shape index (κ1) is 15.2. The molecule has 4 heteroatoms. The molecule has 0 aromatic heterocycles. The van der Waals surface area contributed by atoms with Crippen LogP contribution < -0.4 is 5.73 Å². The number of halogens is 2. The molecule has 0 heterocycles. The SMILES string of the molecule is Cc1ccc(Br)c(C(O)C(CN)c2ccc(F)cc2)c1. The summed E-state index contributed by atoms with van der Waals surface area (Å²) in [5.41, 5.74) is 8.49.